The standard InChI is InChI=1S/C32H38F5N5/c1-4-28(41-17-18-42-29(20-41)38-39-30(42)32(35,36)37)26-12-11-25(19-27(26)33)24-9-7-22(8-10-24)5-6-23-13-15-40(16-14-23)21-31(2,3)34/h4,7-12,19,23H,5-6,13-18,20-21H2,1-3H3/b28-4+. The molecule has 0 spiro atoms. The molecule has 0 saturated carbocycles. The Morgan fingerprint density at radius 3 is 2.24 bits per heavy atom. The molecule has 226 valence electrons. The van der Waals surface area contributed by atoms with E-state index in [1.165, 1.54) is 11.6 Å². The first-order valence-electron chi connectivity index (χ1n) is 14.6. The van der Waals surface area contributed by atoms with Crippen molar-refractivity contribution in [1.29, 1.82) is 0 Å². The highest BCUT2D eigenvalue weighted by molar-refractivity contribution is 5.70. The minimum Gasteiger partial charge on any atom is -0.362 e. The lowest BCUT2D eigenvalue weighted by molar-refractivity contribution is -0.147. The normalized spacial score (nSPS) is 17.5. The molecule has 1 saturated heterocycles. The van der Waals surface area contributed by atoms with E-state index < -0.39 is 23.5 Å². The van der Waals surface area contributed by atoms with Crippen LogP contribution in [0.2, 0.25) is 0 Å². The zero-order chi connectivity index (χ0) is 30.1. The van der Waals surface area contributed by atoms with E-state index in [2.05, 4.69) is 27.2 Å². The Kier molecular flexibility index (Phi) is 8.73. The van der Waals surface area contributed by atoms with Crippen LogP contribution in [0.25, 0.3) is 16.8 Å². The molecule has 0 aliphatic carbocycles. The molecule has 3 heterocycles. The summed E-state index contributed by atoms with van der Waals surface area (Å²) < 4.78 is 70.1. The first kappa shape index (κ1) is 30.2. The maximum Gasteiger partial charge on any atom is 0.451 e. The van der Waals surface area contributed by atoms with Crippen LogP contribution in [0.1, 0.15) is 62.8 Å². The highest BCUT2D eigenvalue weighted by Crippen LogP contribution is 2.33. The molecule has 0 atom stereocenters. The molecule has 5 rings (SSSR count). The number of aromatic nitrogens is 3. The van der Waals surface area contributed by atoms with Crippen LogP contribution in [-0.2, 0) is 25.7 Å². The summed E-state index contributed by atoms with van der Waals surface area (Å²) in [7, 11) is 0. The van der Waals surface area contributed by atoms with Crippen molar-refractivity contribution in [2.75, 3.05) is 26.2 Å². The molecule has 0 unspecified atom stereocenters. The number of rotatable bonds is 8. The van der Waals surface area contributed by atoms with Crippen molar-refractivity contribution in [3.05, 3.63) is 77.1 Å². The van der Waals surface area contributed by atoms with Gasteiger partial charge in [0, 0.05) is 30.9 Å². The monoisotopic (exact) mass is 587 g/mol. The Morgan fingerprint density at radius 2 is 1.62 bits per heavy atom. The summed E-state index contributed by atoms with van der Waals surface area (Å²) in [5, 5.41) is 7.07. The van der Waals surface area contributed by atoms with Gasteiger partial charge in [0.1, 0.15) is 11.5 Å². The topological polar surface area (TPSA) is 37.2 Å². The van der Waals surface area contributed by atoms with Crippen LogP contribution >= 0.6 is 0 Å². The number of piperidine rings is 1. The summed E-state index contributed by atoms with van der Waals surface area (Å²) in [6.07, 6.45) is 1.48. The van der Waals surface area contributed by atoms with Gasteiger partial charge in [0.05, 0.1) is 6.54 Å². The molecule has 3 aromatic rings. The van der Waals surface area contributed by atoms with Gasteiger partial charge in [-0.15, -0.1) is 10.2 Å². The Bertz CT molecular complexity index is 1400. The highest BCUT2D eigenvalue weighted by atomic mass is 19.4. The number of hydrogen-bond donors (Lipinski definition) is 0. The zero-order valence-corrected chi connectivity index (χ0v) is 24.4. The average molecular weight is 588 g/mol. The van der Waals surface area contributed by atoms with E-state index in [0.29, 0.717) is 23.7 Å². The van der Waals surface area contributed by atoms with Crippen molar-refractivity contribution in [3.8, 4) is 11.1 Å². The van der Waals surface area contributed by atoms with E-state index in [1.807, 2.05) is 23.1 Å². The lowest BCUT2D eigenvalue weighted by Crippen LogP contribution is -2.41. The molecule has 0 radical (unpaired) electrons. The van der Waals surface area contributed by atoms with Crippen molar-refractivity contribution < 1.29 is 22.0 Å². The quantitative estimate of drug-likeness (QED) is 0.258. The predicted molar refractivity (Wildman–Crippen MR) is 154 cm³/mol. The highest BCUT2D eigenvalue weighted by Gasteiger charge is 2.39. The predicted octanol–water partition coefficient (Wildman–Crippen LogP) is 7.37. The van der Waals surface area contributed by atoms with Gasteiger partial charge in [0.15, 0.2) is 5.82 Å². The Morgan fingerprint density at radius 1 is 0.929 bits per heavy atom. The smallest absolute Gasteiger partial charge is 0.362 e. The molecule has 1 fully saturated rings. The van der Waals surface area contributed by atoms with Crippen LogP contribution in [0.3, 0.4) is 0 Å². The third-order valence-electron chi connectivity index (χ3n) is 8.30. The largest absolute Gasteiger partial charge is 0.451 e. The summed E-state index contributed by atoms with van der Waals surface area (Å²) in [5.41, 5.74) is 2.76. The molecule has 0 bridgehead atoms. The average Bonchev–Trinajstić information content (AvgIpc) is 3.38. The lowest BCUT2D eigenvalue weighted by atomic mass is 9.90. The molecular weight excluding hydrogens is 549 g/mol. The first-order valence-corrected chi connectivity index (χ1v) is 14.6. The molecule has 5 nitrogen and oxygen atoms in total. The van der Waals surface area contributed by atoms with Gasteiger partial charge >= 0.3 is 6.18 Å². The van der Waals surface area contributed by atoms with Crippen molar-refractivity contribution >= 4 is 5.70 Å². The van der Waals surface area contributed by atoms with E-state index in [4.69, 9.17) is 0 Å². The van der Waals surface area contributed by atoms with E-state index in [0.717, 1.165) is 54.5 Å². The summed E-state index contributed by atoms with van der Waals surface area (Å²) in [4.78, 5) is 4.06. The number of likely N-dealkylation sites (tertiary alicyclic amines) is 1. The van der Waals surface area contributed by atoms with E-state index in [1.54, 1.807) is 32.9 Å². The van der Waals surface area contributed by atoms with Gasteiger partial charge in [-0.05, 0) is 94.3 Å². The number of aryl methyl sites for hydroxylation is 1. The number of nitrogens with zero attached hydrogens (tertiary/aromatic N) is 5. The minimum atomic E-state index is -4.57. The minimum absolute atomic E-state index is 0.0667. The Labute approximate surface area is 244 Å². The third-order valence-corrected chi connectivity index (χ3v) is 8.30. The van der Waals surface area contributed by atoms with Crippen molar-refractivity contribution in [2.45, 2.75) is 71.4 Å². The fourth-order valence-corrected chi connectivity index (χ4v) is 6.18. The van der Waals surface area contributed by atoms with E-state index >= 15 is 4.39 Å². The van der Waals surface area contributed by atoms with Gasteiger partial charge in [-0.25, -0.2) is 8.78 Å². The molecular formula is C32H38F5N5. The summed E-state index contributed by atoms with van der Waals surface area (Å²) in [6.45, 7) is 7.91. The Hall–Kier alpha value is -3.27. The molecule has 2 aliphatic rings. The summed E-state index contributed by atoms with van der Waals surface area (Å²) in [5.74, 6) is -0.541. The van der Waals surface area contributed by atoms with Crippen LogP contribution in [0.4, 0.5) is 22.0 Å². The zero-order valence-electron chi connectivity index (χ0n) is 24.4. The maximum absolute atomic E-state index is 15.4. The summed E-state index contributed by atoms with van der Waals surface area (Å²) >= 11 is 0. The van der Waals surface area contributed by atoms with Gasteiger partial charge in [0.2, 0.25) is 5.82 Å². The number of benzene rings is 2. The Balaban J connectivity index is 1.19. The fourth-order valence-electron chi connectivity index (χ4n) is 6.18. The van der Waals surface area contributed by atoms with Crippen LogP contribution in [0.5, 0.6) is 0 Å². The van der Waals surface area contributed by atoms with Gasteiger partial charge in [-0.3, -0.25) is 0 Å². The van der Waals surface area contributed by atoms with Crippen LogP contribution < -0.4 is 0 Å². The SMILES string of the molecule is C/C=C(\c1ccc(-c2ccc(CCC3CCN(CC(C)(C)F)CC3)cc2)cc1F)N1CCn2c(nnc2C(F)(F)F)C1. The van der Waals surface area contributed by atoms with Gasteiger partial charge < -0.3 is 14.4 Å². The number of fused-ring (bicyclic) bond motifs is 1. The fraction of sp³-hybridized carbons (Fsp3) is 0.500. The molecule has 42 heavy (non-hydrogen) atoms. The molecule has 2 aromatic carbocycles. The van der Waals surface area contributed by atoms with Crippen molar-refractivity contribution in [3.63, 3.8) is 0 Å². The van der Waals surface area contributed by atoms with Gasteiger partial charge in [0.25, 0.3) is 0 Å². The number of alkyl halides is 4. The van der Waals surface area contributed by atoms with Crippen LogP contribution in [0.15, 0.2) is 48.5 Å². The van der Waals surface area contributed by atoms with Gasteiger partial charge in [-0.2, -0.15) is 13.2 Å². The second kappa shape index (κ2) is 12.1. The third kappa shape index (κ3) is 7.02. The lowest BCUT2D eigenvalue weighted by Gasteiger charge is -2.34. The molecule has 0 amide bonds. The van der Waals surface area contributed by atoms with Crippen LogP contribution in [0, 0.1) is 11.7 Å². The first-order chi connectivity index (χ1) is 19.9. The van der Waals surface area contributed by atoms with Crippen LogP contribution in [-0.4, -0.2) is 56.4 Å². The number of hydrogen-bond acceptors (Lipinski definition) is 4. The molecule has 2 aliphatic heterocycles. The molecule has 0 N–H and O–H groups in total. The number of allylic oxidation sites excluding steroid dienone is 1. The maximum atomic E-state index is 15.4. The molecule has 1 aromatic heterocycles. The van der Waals surface area contributed by atoms with Crippen molar-refractivity contribution in [1.82, 2.24) is 24.6 Å². The van der Waals surface area contributed by atoms with Gasteiger partial charge in [-0.1, -0.05) is 36.4 Å². The number of halogens is 5. The van der Waals surface area contributed by atoms with E-state index in [-0.39, 0.29) is 25.5 Å². The van der Waals surface area contributed by atoms with E-state index in [9.17, 15) is 17.6 Å². The molecule has 10 heteroatoms. The summed E-state index contributed by atoms with van der Waals surface area (Å²) in [6, 6.07) is 13.3. The second-order valence-electron chi connectivity index (χ2n) is 12.1. The van der Waals surface area contributed by atoms with Crippen molar-refractivity contribution in [2.24, 2.45) is 5.92 Å². The second-order valence-corrected chi connectivity index (χ2v) is 12.1.